The molecule has 0 unspecified atom stereocenters. The number of amides is 2. The Bertz CT molecular complexity index is 1650. The number of hydrogen-bond donors (Lipinski definition) is 2. The lowest BCUT2D eigenvalue weighted by Gasteiger charge is -2.16. The third kappa shape index (κ3) is 4.25. The summed E-state index contributed by atoms with van der Waals surface area (Å²) in [6, 6.07) is 15.1. The highest BCUT2D eigenvalue weighted by atomic mass is 16.5. The van der Waals surface area contributed by atoms with Gasteiger partial charge in [0, 0.05) is 12.3 Å². The molecule has 4 heterocycles. The molecule has 0 atom stereocenters. The molecule has 38 heavy (non-hydrogen) atoms. The lowest BCUT2D eigenvalue weighted by atomic mass is 10.2. The van der Waals surface area contributed by atoms with Gasteiger partial charge in [0.15, 0.2) is 0 Å². The third-order valence-corrected chi connectivity index (χ3v) is 6.42. The van der Waals surface area contributed by atoms with E-state index in [4.69, 9.17) is 13.8 Å². The lowest BCUT2D eigenvalue weighted by molar-refractivity contribution is -0.124. The highest BCUT2D eigenvalue weighted by Gasteiger charge is 2.51. The van der Waals surface area contributed by atoms with Gasteiger partial charge in [0.2, 0.25) is 23.4 Å². The molecule has 1 fully saturated rings. The van der Waals surface area contributed by atoms with E-state index in [1.165, 1.54) is 13.2 Å². The van der Waals surface area contributed by atoms with Gasteiger partial charge in [-0.15, -0.1) is 0 Å². The Balaban J connectivity index is 1.16. The molecule has 5 aromatic rings. The molecule has 2 N–H and O–H groups in total. The zero-order chi connectivity index (χ0) is 26.3. The summed E-state index contributed by atoms with van der Waals surface area (Å²) in [7, 11) is 1.42. The van der Waals surface area contributed by atoms with Gasteiger partial charge in [0.25, 0.3) is 11.8 Å². The van der Waals surface area contributed by atoms with Crippen molar-refractivity contribution < 1.29 is 23.4 Å². The highest BCUT2D eigenvalue weighted by molar-refractivity contribution is 5.99. The molecule has 6 rings (SSSR count). The molecule has 1 aliphatic rings. The minimum absolute atomic E-state index is 0.0222. The molecular formula is C26H23N7O5. The van der Waals surface area contributed by atoms with Crippen LogP contribution >= 0.6 is 0 Å². The number of ether oxygens (including phenoxy) is 1. The summed E-state index contributed by atoms with van der Waals surface area (Å²) in [5.41, 5.74) is 2.26. The standard InChI is InChI=1S/C26H23N7O5/c1-15-29-23(32-37-15)20-11-16-5-3-4-6-19(16)33(20)18-8-7-17(27-14-18)13-28-25(35)26(9-10-26)30-24(34)21-12-22(36-2)31-38-21/h3-8,11-12,14H,9-10,13H2,1-2H3,(H,28,35)(H,30,34). The largest absolute Gasteiger partial charge is 0.479 e. The van der Waals surface area contributed by atoms with Crippen LogP contribution in [0.5, 0.6) is 5.88 Å². The van der Waals surface area contributed by atoms with Crippen molar-refractivity contribution in [3.63, 3.8) is 0 Å². The van der Waals surface area contributed by atoms with E-state index in [2.05, 4.69) is 30.9 Å². The molecule has 12 nitrogen and oxygen atoms in total. The van der Waals surface area contributed by atoms with Crippen LogP contribution in [0.3, 0.4) is 0 Å². The molecule has 0 aliphatic heterocycles. The van der Waals surface area contributed by atoms with E-state index in [1.54, 1.807) is 13.1 Å². The van der Waals surface area contributed by atoms with Crippen LogP contribution in [0.15, 0.2) is 63.8 Å². The number of hydrogen-bond acceptors (Lipinski definition) is 9. The number of fused-ring (bicyclic) bond motifs is 1. The molecule has 12 heteroatoms. The van der Waals surface area contributed by atoms with Crippen LogP contribution in [0, 0.1) is 6.92 Å². The monoisotopic (exact) mass is 513 g/mol. The third-order valence-electron chi connectivity index (χ3n) is 6.42. The number of nitrogens with zero attached hydrogens (tertiary/aromatic N) is 5. The van der Waals surface area contributed by atoms with E-state index < -0.39 is 11.4 Å². The summed E-state index contributed by atoms with van der Waals surface area (Å²) in [6.07, 6.45) is 2.79. The maximum absolute atomic E-state index is 12.9. The molecular weight excluding hydrogens is 490 g/mol. The Kier molecular flexibility index (Phi) is 5.63. The molecule has 4 aromatic heterocycles. The average molecular weight is 514 g/mol. The number of aryl methyl sites for hydroxylation is 1. The van der Waals surface area contributed by atoms with E-state index in [0.717, 1.165) is 22.3 Å². The molecule has 0 spiro atoms. The Morgan fingerprint density at radius 1 is 1.11 bits per heavy atom. The molecule has 2 amide bonds. The minimum atomic E-state index is -0.973. The molecule has 0 radical (unpaired) electrons. The number of nitrogens with one attached hydrogen (secondary N) is 2. The fraction of sp³-hybridized carbons (Fsp3) is 0.231. The first-order chi connectivity index (χ1) is 18.5. The van der Waals surface area contributed by atoms with Gasteiger partial charge in [0.1, 0.15) is 5.54 Å². The molecule has 0 saturated heterocycles. The predicted octanol–water partition coefficient (Wildman–Crippen LogP) is 2.96. The first-order valence-electron chi connectivity index (χ1n) is 11.9. The zero-order valence-corrected chi connectivity index (χ0v) is 20.6. The first kappa shape index (κ1) is 23.4. The van der Waals surface area contributed by atoms with Gasteiger partial charge in [-0.05, 0) is 42.3 Å². The summed E-state index contributed by atoms with van der Waals surface area (Å²) in [4.78, 5) is 34.3. The second-order valence-corrected chi connectivity index (χ2v) is 9.02. The summed E-state index contributed by atoms with van der Waals surface area (Å²) >= 11 is 0. The van der Waals surface area contributed by atoms with E-state index in [9.17, 15) is 9.59 Å². The van der Waals surface area contributed by atoms with Gasteiger partial charge >= 0.3 is 0 Å². The van der Waals surface area contributed by atoms with Crippen LogP contribution in [0.2, 0.25) is 0 Å². The topological polar surface area (TPSA) is 150 Å². The van der Waals surface area contributed by atoms with E-state index in [1.807, 2.05) is 47.0 Å². The average Bonchev–Trinajstić information content (AvgIpc) is 3.27. The predicted molar refractivity (Wildman–Crippen MR) is 133 cm³/mol. The maximum atomic E-state index is 12.9. The van der Waals surface area contributed by atoms with Gasteiger partial charge in [0.05, 0.1) is 48.5 Å². The summed E-state index contributed by atoms with van der Waals surface area (Å²) in [5.74, 6) is 0.316. The minimum Gasteiger partial charge on any atom is -0.479 e. The Morgan fingerprint density at radius 2 is 1.95 bits per heavy atom. The SMILES string of the molecule is COc1cc(C(=O)NC2(C(=O)NCc3ccc(-n4c(-c5noc(C)n5)cc5ccccc54)cn3)CC2)on1. The van der Waals surface area contributed by atoms with Crippen molar-refractivity contribution in [2.24, 2.45) is 0 Å². The second kappa shape index (κ2) is 9.14. The van der Waals surface area contributed by atoms with Crippen molar-refractivity contribution in [3.05, 3.63) is 72.1 Å². The van der Waals surface area contributed by atoms with Gasteiger partial charge in [-0.25, -0.2) is 0 Å². The Labute approximate surface area is 216 Å². The van der Waals surface area contributed by atoms with Crippen LogP contribution in [0.1, 0.15) is 35.0 Å². The molecule has 192 valence electrons. The number of aromatic nitrogens is 5. The number of pyridine rings is 1. The first-order valence-corrected chi connectivity index (χ1v) is 11.9. The number of rotatable bonds is 8. The van der Waals surface area contributed by atoms with Gasteiger partial charge in [-0.2, -0.15) is 4.98 Å². The Hall–Kier alpha value is -5.00. The van der Waals surface area contributed by atoms with Gasteiger partial charge in [-0.3, -0.25) is 14.6 Å². The zero-order valence-electron chi connectivity index (χ0n) is 20.6. The fourth-order valence-electron chi connectivity index (χ4n) is 4.27. The maximum Gasteiger partial charge on any atom is 0.290 e. The van der Waals surface area contributed by atoms with Gasteiger partial charge in [-0.1, -0.05) is 23.4 Å². The molecule has 0 bridgehead atoms. The quantitative estimate of drug-likeness (QED) is 0.319. The van der Waals surface area contributed by atoms with Crippen LogP contribution in [-0.2, 0) is 11.3 Å². The van der Waals surface area contributed by atoms with Crippen LogP contribution in [-0.4, -0.2) is 49.3 Å². The van der Waals surface area contributed by atoms with Crippen molar-refractivity contribution in [3.8, 4) is 23.1 Å². The van der Waals surface area contributed by atoms with Crippen molar-refractivity contribution in [2.75, 3.05) is 7.11 Å². The normalized spacial score (nSPS) is 13.8. The number of methoxy groups -OCH3 is 1. The number of carbonyl (C=O) groups is 2. The van der Waals surface area contributed by atoms with E-state index in [-0.39, 0.29) is 24.1 Å². The van der Waals surface area contributed by atoms with Crippen molar-refractivity contribution >= 4 is 22.7 Å². The number of carbonyl (C=O) groups excluding carboxylic acids is 2. The smallest absolute Gasteiger partial charge is 0.290 e. The number of para-hydroxylation sites is 1. The molecule has 1 aromatic carbocycles. The van der Waals surface area contributed by atoms with E-state index in [0.29, 0.717) is 30.3 Å². The van der Waals surface area contributed by atoms with Crippen LogP contribution < -0.4 is 15.4 Å². The highest BCUT2D eigenvalue weighted by Crippen LogP contribution is 2.36. The van der Waals surface area contributed by atoms with E-state index >= 15 is 0 Å². The Morgan fingerprint density at radius 3 is 2.63 bits per heavy atom. The lowest BCUT2D eigenvalue weighted by Crippen LogP contribution is -2.48. The molecule has 1 aliphatic carbocycles. The van der Waals surface area contributed by atoms with Gasteiger partial charge < -0.3 is 29.0 Å². The second-order valence-electron chi connectivity index (χ2n) is 9.02. The van der Waals surface area contributed by atoms with Crippen molar-refractivity contribution in [2.45, 2.75) is 31.8 Å². The van der Waals surface area contributed by atoms with Crippen LogP contribution in [0.4, 0.5) is 0 Å². The van der Waals surface area contributed by atoms with Crippen LogP contribution in [0.25, 0.3) is 28.1 Å². The summed E-state index contributed by atoms with van der Waals surface area (Å²) in [5, 5.41) is 14.3. The number of benzene rings is 1. The molecule has 1 saturated carbocycles. The van der Waals surface area contributed by atoms with Crippen molar-refractivity contribution in [1.29, 1.82) is 0 Å². The summed E-state index contributed by atoms with van der Waals surface area (Å²) < 4.78 is 17.1. The fourth-order valence-corrected chi connectivity index (χ4v) is 4.27. The van der Waals surface area contributed by atoms with Crippen molar-refractivity contribution in [1.82, 2.24) is 35.5 Å². The summed E-state index contributed by atoms with van der Waals surface area (Å²) in [6.45, 7) is 1.95.